The molecule has 3 heterocycles. The van der Waals surface area contributed by atoms with E-state index >= 15 is 0 Å². The number of carbonyl (C=O) groups excluding carboxylic acids is 1. The van der Waals surface area contributed by atoms with Crippen molar-refractivity contribution in [3.63, 3.8) is 0 Å². The molecule has 1 aromatic rings. The van der Waals surface area contributed by atoms with E-state index in [0.717, 1.165) is 42.7 Å². The largest absolute Gasteiger partial charge is 0.496 e. The number of rotatable bonds is 6. The summed E-state index contributed by atoms with van der Waals surface area (Å²) in [6.07, 6.45) is 5.50. The molecule has 4 rings (SSSR count). The molecule has 3 fully saturated rings. The molecule has 23 heavy (non-hydrogen) atoms. The van der Waals surface area contributed by atoms with E-state index in [1.807, 2.05) is 18.2 Å². The van der Waals surface area contributed by atoms with Gasteiger partial charge in [0.05, 0.1) is 7.11 Å². The molecule has 0 aromatic heterocycles. The Kier molecular flexibility index (Phi) is 5.21. The summed E-state index contributed by atoms with van der Waals surface area (Å²) in [6.45, 7) is 5.56. The van der Waals surface area contributed by atoms with E-state index in [1.165, 1.54) is 25.9 Å². The summed E-state index contributed by atoms with van der Waals surface area (Å²) in [5.41, 5.74) is 1.84. The second kappa shape index (κ2) is 7.35. The van der Waals surface area contributed by atoms with Gasteiger partial charge >= 0.3 is 0 Å². The van der Waals surface area contributed by atoms with Crippen molar-refractivity contribution in [1.82, 2.24) is 10.2 Å². The third-order valence-corrected chi connectivity index (χ3v) is 5.35. The molecule has 2 bridgehead atoms. The number of ether oxygens (including phenoxy) is 1. The summed E-state index contributed by atoms with van der Waals surface area (Å²) in [6, 6.07) is 6.11. The number of carbonyl (C=O) groups is 1. The number of benzene rings is 1. The molecule has 4 nitrogen and oxygen atoms in total. The summed E-state index contributed by atoms with van der Waals surface area (Å²) in [5, 5.41) is 3.30. The minimum atomic E-state index is 0.0637. The Morgan fingerprint density at radius 3 is 2.74 bits per heavy atom. The van der Waals surface area contributed by atoms with Crippen molar-refractivity contribution in [2.45, 2.75) is 45.1 Å². The number of nitrogens with zero attached hydrogens (tertiary/aromatic N) is 1. The van der Waals surface area contributed by atoms with Crippen LogP contribution in [0.3, 0.4) is 0 Å². The number of unbranched alkanes of at least 4 members (excludes halogenated alkanes) is 1. The highest BCUT2D eigenvalue weighted by Crippen LogP contribution is 2.29. The van der Waals surface area contributed by atoms with E-state index in [2.05, 4.69) is 17.1 Å². The Labute approximate surface area is 139 Å². The lowest BCUT2D eigenvalue weighted by molar-refractivity contribution is 0.0619. The minimum absolute atomic E-state index is 0.0637. The average Bonchev–Trinajstić information content (AvgIpc) is 2.60. The molecule has 0 saturated carbocycles. The predicted octanol–water partition coefficient (Wildman–Crippen LogP) is 2.86. The van der Waals surface area contributed by atoms with Crippen molar-refractivity contribution in [2.24, 2.45) is 5.92 Å². The molecule has 1 aromatic carbocycles. The first-order valence-corrected chi connectivity index (χ1v) is 8.92. The van der Waals surface area contributed by atoms with E-state index in [0.29, 0.717) is 12.0 Å². The molecule has 1 unspecified atom stereocenters. The fourth-order valence-corrected chi connectivity index (χ4v) is 3.96. The standard InChI is InChI=1S/C19H28N2O2/c1-3-4-6-15-16(7-5-8-18(15)23-2)19(22)20-17-13-21-11-9-14(17)10-12-21/h5,7-8,14,17H,3-4,6,9-13H2,1-2H3,(H,20,22). The molecule has 3 aliphatic rings. The van der Waals surface area contributed by atoms with Crippen LogP contribution in [0.4, 0.5) is 0 Å². The molecule has 126 valence electrons. The van der Waals surface area contributed by atoms with Gasteiger partial charge in [-0.05, 0) is 56.8 Å². The number of piperidine rings is 3. The van der Waals surface area contributed by atoms with Crippen molar-refractivity contribution in [2.75, 3.05) is 26.7 Å². The zero-order chi connectivity index (χ0) is 16.2. The molecule has 0 aliphatic carbocycles. The van der Waals surface area contributed by atoms with Crippen LogP contribution >= 0.6 is 0 Å². The lowest BCUT2D eigenvalue weighted by Gasteiger charge is -2.45. The van der Waals surface area contributed by atoms with Crippen molar-refractivity contribution in [3.8, 4) is 5.75 Å². The van der Waals surface area contributed by atoms with Crippen LogP contribution in [-0.4, -0.2) is 43.6 Å². The van der Waals surface area contributed by atoms with Gasteiger partial charge in [-0.15, -0.1) is 0 Å². The summed E-state index contributed by atoms with van der Waals surface area (Å²) in [7, 11) is 1.68. The Hall–Kier alpha value is -1.55. The summed E-state index contributed by atoms with van der Waals surface area (Å²) >= 11 is 0. The molecule has 3 aliphatic heterocycles. The monoisotopic (exact) mass is 316 g/mol. The third kappa shape index (κ3) is 3.52. The number of nitrogens with one attached hydrogen (secondary N) is 1. The quantitative estimate of drug-likeness (QED) is 0.877. The first-order chi connectivity index (χ1) is 11.2. The fourth-order valence-electron chi connectivity index (χ4n) is 3.96. The lowest BCUT2D eigenvalue weighted by Crippen LogP contribution is -2.57. The molecule has 1 N–H and O–H groups in total. The average molecular weight is 316 g/mol. The van der Waals surface area contributed by atoms with Crippen molar-refractivity contribution in [3.05, 3.63) is 29.3 Å². The number of hydrogen-bond donors (Lipinski definition) is 1. The van der Waals surface area contributed by atoms with Crippen LogP contribution in [0, 0.1) is 5.92 Å². The first-order valence-electron chi connectivity index (χ1n) is 8.92. The SMILES string of the molecule is CCCCc1c(OC)cccc1C(=O)NC1CN2CCC1CC2. The number of fused-ring (bicyclic) bond motifs is 3. The Bertz CT molecular complexity index is 550. The van der Waals surface area contributed by atoms with E-state index < -0.39 is 0 Å². The third-order valence-electron chi connectivity index (χ3n) is 5.35. The molecule has 4 heteroatoms. The highest BCUT2D eigenvalue weighted by atomic mass is 16.5. The first kappa shape index (κ1) is 16.3. The van der Waals surface area contributed by atoms with Crippen LogP contribution in [0.25, 0.3) is 0 Å². The van der Waals surface area contributed by atoms with Gasteiger partial charge in [0.2, 0.25) is 0 Å². The van der Waals surface area contributed by atoms with Crippen LogP contribution in [0.2, 0.25) is 0 Å². The van der Waals surface area contributed by atoms with Gasteiger partial charge in [0, 0.05) is 23.7 Å². The number of methoxy groups -OCH3 is 1. The van der Waals surface area contributed by atoms with E-state index in [1.54, 1.807) is 7.11 Å². The maximum absolute atomic E-state index is 12.9. The second-order valence-corrected chi connectivity index (χ2v) is 6.81. The van der Waals surface area contributed by atoms with E-state index in [4.69, 9.17) is 4.74 Å². The maximum Gasteiger partial charge on any atom is 0.251 e. The molecular formula is C19H28N2O2. The zero-order valence-electron chi connectivity index (χ0n) is 14.3. The van der Waals surface area contributed by atoms with Gasteiger partial charge in [-0.2, -0.15) is 0 Å². The van der Waals surface area contributed by atoms with Gasteiger partial charge in [-0.1, -0.05) is 19.4 Å². The van der Waals surface area contributed by atoms with Crippen LogP contribution in [0.15, 0.2) is 18.2 Å². The van der Waals surface area contributed by atoms with Gasteiger partial charge in [0.25, 0.3) is 5.91 Å². The van der Waals surface area contributed by atoms with E-state index in [9.17, 15) is 4.79 Å². The van der Waals surface area contributed by atoms with Gasteiger partial charge in [-0.3, -0.25) is 4.79 Å². The Balaban J connectivity index is 1.76. The lowest BCUT2D eigenvalue weighted by atomic mass is 9.84. The van der Waals surface area contributed by atoms with Gasteiger partial charge in [0.15, 0.2) is 0 Å². The summed E-state index contributed by atoms with van der Waals surface area (Å²) in [4.78, 5) is 15.3. The van der Waals surface area contributed by atoms with Crippen molar-refractivity contribution >= 4 is 5.91 Å². The Morgan fingerprint density at radius 1 is 1.35 bits per heavy atom. The predicted molar refractivity (Wildman–Crippen MR) is 92.0 cm³/mol. The van der Waals surface area contributed by atoms with Crippen molar-refractivity contribution in [1.29, 1.82) is 0 Å². The smallest absolute Gasteiger partial charge is 0.251 e. The summed E-state index contributed by atoms with van der Waals surface area (Å²) < 4.78 is 5.48. The van der Waals surface area contributed by atoms with Crippen LogP contribution < -0.4 is 10.1 Å². The molecule has 1 atom stereocenters. The molecule has 0 spiro atoms. The van der Waals surface area contributed by atoms with Crippen LogP contribution in [0.5, 0.6) is 5.75 Å². The zero-order valence-corrected chi connectivity index (χ0v) is 14.3. The highest BCUT2D eigenvalue weighted by Gasteiger charge is 2.35. The topological polar surface area (TPSA) is 41.6 Å². The summed E-state index contributed by atoms with van der Waals surface area (Å²) in [5.74, 6) is 1.54. The normalized spacial score (nSPS) is 26.1. The Morgan fingerprint density at radius 2 is 2.13 bits per heavy atom. The maximum atomic E-state index is 12.9. The molecule has 1 amide bonds. The number of amides is 1. The van der Waals surface area contributed by atoms with Gasteiger partial charge in [0.1, 0.15) is 5.75 Å². The van der Waals surface area contributed by atoms with Gasteiger partial charge in [-0.25, -0.2) is 0 Å². The number of hydrogen-bond acceptors (Lipinski definition) is 3. The van der Waals surface area contributed by atoms with Crippen molar-refractivity contribution < 1.29 is 9.53 Å². The van der Waals surface area contributed by atoms with Crippen LogP contribution in [-0.2, 0) is 6.42 Å². The molecule has 3 saturated heterocycles. The molecule has 0 radical (unpaired) electrons. The highest BCUT2D eigenvalue weighted by molar-refractivity contribution is 5.96. The molecular weight excluding hydrogens is 288 g/mol. The van der Waals surface area contributed by atoms with E-state index in [-0.39, 0.29) is 5.91 Å². The second-order valence-electron chi connectivity index (χ2n) is 6.81. The van der Waals surface area contributed by atoms with Crippen LogP contribution in [0.1, 0.15) is 48.5 Å². The fraction of sp³-hybridized carbons (Fsp3) is 0.632. The minimum Gasteiger partial charge on any atom is -0.496 e. The van der Waals surface area contributed by atoms with Gasteiger partial charge < -0.3 is 15.0 Å².